The fourth-order valence-electron chi connectivity index (χ4n) is 1.91. The van der Waals surface area contributed by atoms with Gasteiger partial charge in [-0.05, 0) is 24.6 Å². The molecule has 2 rings (SSSR count). The summed E-state index contributed by atoms with van der Waals surface area (Å²) < 4.78 is 18.3. The number of amides is 1. The molecule has 0 aromatic heterocycles. The average Bonchev–Trinajstić information content (AvgIpc) is 2.39. The van der Waals surface area contributed by atoms with Crippen molar-refractivity contribution in [2.45, 2.75) is 19.0 Å². The van der Waals surface area contributed by atoms with Crippen LogP contribution in [0.3, 0.4) is 0 Å². The maximum atomic E-state index is 13.1. The van der Waals surface area contributed by atoms with Gasteiger partial charge in [-0.15, -0.1) is 0 Å². The van der Waals surface area contributed by atoms with Crippen molar-refractivity contribution < 1.29 is 13.9 Å². The van der Waals surface area contributed by atoms with Crippen molar-refractivity contribution in [3.8, 4) is 0 Å². The highest BCUT2D eigenvalue weighted by Crippen LogP contribution is 2.13. The zero-order valence-corrected chi connectivity index (χ0v) is 10.3. The van der Waals surface area contributed by atoms with E-state index in [1.165, 1.54) is 12.1 Å². The first-order valence-corrected chi connectivity index (χ1v) is 6.04. The topological polar surface area (TPSA) is 50.4 Å². The summed E-state index contributed by atoms with van der Waals surface area (Å²) in [5.74, 6) is -0.417. The van der Waals surface area contributed by atoms with Gasteiger partial charge in [0.2, 0.25) is 5.91 Å². The van der Waals surface area contributed by atoms with E-state index in [0.717, 1.165) is 5.56 Å². The second-order valence-electron chi connectivity index (χ2n) is 4.37. The molecule has 18 heavy (non-hydrogen) atoms. The summed E-state index contributed by atoms with van der Waals surface area (Å²) >= 11 is 0. The quantitative estimate of drug-likeness (QED) is 0.843. The number of rotatable bonds is 3. The fraction of sp³-hybridized carbons (Fsp3) is 0.462. The van der Waals surface area contributed by atoms with E-state index in [-0.39, 0.29) is 23.8 Å². The molecule has 1 aliphatic heterocycles. The molecule has 2 N–H and O–H groups in total. The van der Waals surface area contributed by atoms with E-state index in [0.29, 0.717) is 19.8 Å². The second-order valence-corrected chi connectivity index (χ2v) is 4.37. The third kappa shape index (κ3) is 3.27. The largest absolute Gasteiger partial charge is 0.378 e. The van der Waals surface area contributed by atoms with Gasteiger partial charge in [0.25, 0.3) is 0 Å². The smallest absolute Gasteiger partial charge is 0.240 e. The maximum absolute atomic E-state index is 13.1. The van der Waals surface area contributed by atoms with Crippen LogP contribution in [0.2, 0.25) is 0 Å². The lowest BCUT2D eigenvalue weighted by atomic mass is 10.1. The lowest BCUT2D eigenvalue weighted by Crippen LogP contribution is -2.51. The predicted octanol–water partition coefficient (Wildman–Crippen LogP) is 0.991. The Bertz CT molecular complexity index is 419. The third-order valence-electron chi connectivity index (χ3n) is 2.95. The summed E-state index contributed by atoms with van der Waals surface area (Å²) in [7, 11) is 0. The van der Waals surface area contributed by atoms with Crippen LogP contribution in [0.4, 0.5) is 4.39 Å². The van der Waals surface area contributed by atoms with E-state index >= 15 is 0 Å². The fourth-order valence-corrected chi connectivity index (χ4v) is 1.91. The van der Waals surface area contributed by atoms with Crippen LogP contribution in [-0.4, -0.2) is 31.7 Å². The summed E-state index contributed by atoms with van der Waals surface area (Å²) in [6.45, 7) is 3.51. The van der Waals surface area contributed by atoms with E-state index < -0.39 is 0 Å². The number of carbonyl (C=O) groups is 1. The third-order valence-corrected chi connectivity index (χ3v) is 2.95. The van der Waals surface area contributed by atoms with E-state index in [1.54, 1.807) is 12.1 Å². The Hall–Kier alpha value is -1.46. The molecule has 1 aromatic carbocycles. The zero-order valence-electron chi connectivity index (χ0n) is 10.3. The second kappa shape index (κ2) is 5.93. The van der Waals surface area contributed by atoms with Crippen LogP contribution in [0.25, 0.3) is 0 Å². The van der Waals surface area contributed by atoms with Crippen molar-refractivity contribution in [1.82, 2.24) is 10.6 Å². The van der Waals surface area contributed by atoms with Crippen molar-refractivity contribution in [3.05, 3.63) is 35.6 Å². The van der Waals surface area contributed by atoms with Gasteiger partial charge in [0, 0.05) is 6.54 Å². The summed E-state index contributed by atoms with van der Waals surface area (Å²) in [4.78, 5) is 11.9. The zero-order chi connectivity index (χ0) is 13.0. The predicted molar refractivity (Wildman–Crippen MR) is 65.6 cm³/mol. The summed E-state index contributed by atoms with van der Waals surface area (Å²) in [5.41, 5.74) is 0.750. The number of carbonyl (C=O) groups excluding carboxylic acids is 1. The Morgan fingerprint density at radius 2 is 2.44 bits per heavy atom. The number of ether oxygens (including phenoxy) is 1. The average molecular weight is 252 g/mol. The van der Waals surface area contributed by atoms with Crippen LogP contribution in [0.5, 0.6) is 0 Å². The lowest BCUT2D eigenvalue weighted by molar-refractivity contribution is -0.126. The molecule has 1 amide bonds. The highest BCUT2D eigenvalue weighted by atomic mass is 19.1. The van der Waals surface area contributed by atoms with Gasteiger partial charge in [-0.25, -0.2) is 4.39 Å². The van der Waals surface area contributed by atoms with Crippen molar-refractivity contribution in [3.63, 3.8) is 0 Å². The van der Waals surface area contributed by atoms with Crippen LogP contribution < -0.4 is 10.6 Å². The highest BCUT2D eigenvalue weighted by Gasteiger charge is 2.22. The van der Waals surface area contributed by atoms with Crippen LogP contribution >= 0.6 is 0 Å². The van der Waals surface area contributed by atoms with Gasteiger partial charge in [0.15, 0.2) is 0 Å². The van der Waals surface area contributed by atoms with E-state index in [9.17, 15) is 9.18 Å². The van der Waals surface area contributed by atoms with Crippen LogP contribution in [-0.2, 0) is 9.53 Å². The van der Waals surface area contributed by atoms with Gasteiger partial charge in [0.1, 0.15) is 11.9 Å². The number of morpholine rings is 1. The molecule has 0 aliphatic carbocycles. The number of hydrogen-bond acceptors (Lipinski definition) is 3. The molecule has 0 bridgehead atoms. The molecule has 0 spiro atoms. The number of nitrogens with one attached hydrogen (secondary N) is 2. The van der Waals surface area contributed by atoms with Gasteiger partial charge in [-0.1, -0.05) is 12.1 Å². The summed E-state index contributed by atoms with van der Waals surface area (Å²) in [6.07, 6.45) is 0. The molecule has 2 atom stereocenters. The minimum absolute atomic E-state index is 0.119. The van der Waals surface area contributed by atoms with Crippen molar-refractivity contribution in [2.24, 2.45) is 0 Å². The first-order chi connectivity index (χ1) is 8.66. The first kappa shape index (κ1) is 13.0. The summed E-state index contributed by atoms with van der Waals surface area (Å²) in [5, 5.41) is 5.92. The minimum Gasteiger partial charge on any atom is -0.378 e. The van der Waals surface area contributed by atoms with Gasteiger partial charge in [-0.3, -0.25) is 4.79 Å². The van der Waals surface area contributed by atoms with Gasteiger partial charge >= 0.3 is 0 Å². The molecule has 98 valence electrons. The Morgan fingerprint density at radius 3 is 3.11 bits per heavy atom. The Morgan fingerprint density at radius 1 is 1.61 bits per heavy atom. The van der Waals surface area contributed by atoms with Crippen LogP contribution in [0, 0.1) is 5.82 Å². The molecule has 1 unspecified atom stereocenters. The normalized spacial score (nSPS) is 21.3. The standard InChI is InChI=1S/C13H17FN2O2/c1-9(10-3-2-4-11(14)7-10)16-13(17)12-8-18-6-5-15-12/h2-4,7,9,12,15H,5-6,8H2,1H3,(H,16,17)/t9-,12?/m1/s1. The number of hydrogen-bond donors (Lipinski definition) is 2. The summed E-state index contributed by atoms with van der Waals surface area (Å²) in [6, 6.07) is 5.69. The molecule has 5 heteroatoms. The molecule has 1 aliphatic rings. The van der Waals surface area contributed by atoms with Crippen molar-refractivity contribution >= 4 is 5.91 Å². The van der Waals surface area contributed by atoms with Crippen molar-refractivity contribution in [2.75, 3.05) is 19.8 Å². The van der Waals surface area contributed by atoms with Crippen LogP contribution in [0.1, 0.15) is 18.5 Å². The monoisotopic (exact) mass is 252 g/mol. The maximum Gasteiger partial charge on any atom is 0.240 e. The van der Waals surface area contributed by atoms with Gasteiger partial charge in [-0.2, -0.15) is 0 Å². The Labute approximate surface area is 106 Å². The van der Waals surface area contributed by atoms with E-state index in [2.05, 4.69) is 10.6 Å². The molecular weight excluding hydrogens is 235 g/mol. The molecule has 1 fully saturated rings. The highest BCUT2D eigenvalue weighted by molar-refractivity contribution is 5.82. The molecule has 4 nitrogen and oxygen atoms in total. The lowest BCUT2D eigenvalue weighted by Gasteiger charge is -2.24. The molecular formula is C13H17FN2O2. The SMILES string of the molecule is C[C@@H](NC(=O)C1COCCN1)c1cccc(F)c1. The number of benzene rings is 1. The molecule has 1 aromatic rings. The van der Waals surface area contributed by atoms with Gasteiger partial charge < -0.3 is 15.4 Å². The van der Waals surface area contributed by atoms with Crippen molar-refractivity contribution in [1.29, 1.82) is 0 Å². The minimum atomic E-state index is -0.324. The molecule has 0 radical (unpaired) electrons. The number of halogens is 1. The van der Waals surface area contributed by atoms with E-state index in [1.807, 2.05) is 6.92 Å². The Kier molecular flexibility index (Phi) is 4.28. The first-order valence-electron chi connectivity index (χ1n) is 6.04. The van der Waals surface area contributed by atoms with E-state index in [4.69, 9.17) is 4.74 Å². The van der Waals surface area contributed by atoms with Gasteiger partial charge in [0.05, 0.1) is 19.3 Å². The molecule has 1 heterocycles. The Balaban J connectivity index is 1.94. The molecule has 0 saturated carbocycles. The molecule has 1 saturated heterocycles. The van der Waals surface area contributed by atoms with Crippen LogP contribution in [0.15, 0.2) is 24.3 Å².